The number of amides is 2. The number of furan rings is 1. The van der Waals surface area contributed by atoms with Gasteiger partial charge in [-0.25, -0.2) is 4.79 Å². The minimum atomic E-state index is -0.00521. The second kappa shape index (κ2) is 7.47. The molecule has 0 saturated carbocycles. The van der Waals surface area contributed by atoms with E-state index in [1.54, 1.807) is 17.6 Å². The third kappa shape index (κ3) is 4.11. The van der Waals surface area contributed by atoms with Crippen LogP contribution in [0.5, 0.6) is 0 Å². The van der Waals surface area contributed by atoms with Gasteiger partial charge in [0.15, 0.2) is 0 Å². The van der Waals surface area contributed by atoms with Crippen LogP contribution in [-0.4, -0.2) is 42.0 Å². The van der Waals surface area contributed by atoms with Crippen molar-refractivity contribution in [1.29, 1.82) is 0 Å². The molecule has 3 rings (SSSR count). The Morgan fingerprint density at radius 2 is 2.18 bits per heavy atom. The lowest BCUT2D eigenvalue weighted by Crippen LogP contribution is -2.41. The second-order valence-electron chi connectivity index (χ2n) is 5.43. The monoisotopic (exact) mass is 319 g/mol. The van der Waals surface area contributed by atoms with Crippen molar-refractivity contribution < 1.29 is 9.21 Å². The molecule has 1 aliphatic heterocycles. The Labute approximate surface area is 134 Å². The highest BCUT2D eigenvalue weighted by Gasteiger charge is 2.19. The highest BCUT2D eigenvalue weighted by atomic mass is 32.1. The number of urea groups is 1. The fourth-order valence-electron chi connectivity index (χ4n) is 2.64. The highest BCUT2D eigenvalue weighted by Crippen LogP contribution is 2.13. The molecule has 1 N–H and O–H groups in total. The van der Waals surface area contributed by atoms with E-state index in [0.29, 0.717) is 6.54 Å². The second-order valence-corrected chi connectivity index (χ2v) is 6.47. The normalized spacial score (nSPS) is 16.5. The van der Waals surface area contributed by atoms with Gasteiger partial charge in [0.25, 0.3) is 0 Å². The molecule has 0 aliphatic carbocycles. The van der Waals surface area contributed by atoms with E-state index in [0.717, 1.165) is 44.9 Å². The zero-order chi connectivity index (χ0) is 15.2. The Kier molecular flexibility index (Phi) is 5.13. The molecule has 1 fully saturated rings. The topological polar surface area (TPSA) is 48.7 Å². The van der Waals surface area contributed by atoms with E-state index in [1.807, 2.05) is 17.0 Å². The molecule has 5 nitrogen and oxygen atoms in total. The summed E-state index contributed by atoms with van der Waals surface area (Å²) >= 11 is 1.79. The van der Waals surface area contributed by atoms with Gasteiger partial charge in [0.2, 0.25) is 0 Å². The number of carbonyl (C=O) groups is 1. The van der Waals surface area contributed by atoms with Crippen LogP contribution in [0.15, 0.2) is 40.3 Å². The van der Waals surface area contributed by atoms with Gasteiger partial charge in [0, 0.05) is 37.6 Å². The van der Waals surface area contributed by atoms with Crippen LogP contribution in [0.4, 0.5) is 4.79 Å². The van der Waals surface area contributed by atoms with Gasteiger partial charge in [-0.05, 0) is 30.0 Å². The molecule has 1 aliphatic rings. The lowest BCUT2D eigenvalue weighted by Gasteiger charge is -2.21. The van der Waals surface area contributed by atoms with Crippen LogP contribution in [-0.2, 0) is 13.1 Å². The molecule has 0 radical (unpaired) electrons. The maximum Gasteiger partial charge on any atom is 0.317 e. The summed E-state index contributed by atoms with van der Waals surface area (Å²) in [5.41, 5.74) is 0. The number of carbonyl (C=O) groups excluding carboxylic acids is 1. The fraction of sp³-hybridized carbons (Fsp3) is 0.438. The number of hydrogen-bond donors (Lipinski definition) is 1. The molecule has 3 heterocycles. The summed E-state index contributed by atoms with van der Waals surface area (Å²) in [7, 11) is 0. The van der Waals surface area contributed by atoms with E-state index in [1.165, 1.54) is 4.88 Å². The number of rotatable bonds is 4. The molecule has 6 heteroatoms. The molecule has 2 amide bonds. The fourth-order valence-corrected chi connectivity index (χ4v) is 3.39. The summed E-state index contributed by atoms with van der Waals surface area (Å²) in [5, 5.41) is 5.03. The van der Waals surface area contributed by atoms with Crippen molar-refractivity contribution in [2.45, 2.75) is 19.5 Å². The van der Waals surface area contributed by atoms with Crippen LogP contribution in [0, 0.1) is 0 Å². The highest BCUT2D eigenvalue weighted by molar-refractivity contribution is 7.09. The first kappa shape index (κ1) is 15.1. The molecular formula is C16H21N3O2S. The summed E-state index contributed by atoms with van der Waals surface area (Å²) < 4.78 is 5.23. The maximum atomic E-state index is 12.2. The Morgan fingerprint density at radius 1 is 1.23 bits per heavy atom. The number of thiophene rings is 1. The van der Waals surface area contributed by atoms with E-state index in [4.69, 9.17) is 4.42 Å². The molecule has 0 spiro atoms. The minimum Gasteiger partial charge on any atom is -0.467 e. The zero-order valence-corrected chi connectivity index (χ0v) is 13.3. The van der Waals surface area contributed by atoms with E-state index in [9.17, 15) is 4.79 Å². The lowest BCUT2D eigenvalue weighted by molar-refractivity contribution is 0.196. The average molecular weight is 319 g/mol. The van der Waals surface area contributed by atoms with Crippen LogP contribution in [0.1, 0.15) is 17.1 Å². The SMILES string of the molecule is O=C(NCc1ccco1)N1CCCN(Cc2cccs2)CC1. The van der Waals surface area contributed by atoms with Gasteiger partial charge >= 0.3 is 6.03 Å². The number of nitrogens with one attached hydrogen (secondary N) is 1. The molecule has 0 atom stereocenters. The molecule has 118 valence electrons. The molecule has 2 aromatic heterocycles. The Morgan fingerprint density at radius 3 is 2.95 bits per heavy atom. The van der Waals surface area contributed by atoms with Gasteiger partial charge in [-0.15, -0.1) is 11.3 Å². The molecule has 22 heavy (non-hydrogen) atoms. The van der Waals surface area contributed by atoms with Crippen molar-refractivity contribution in [2.75, 3.05) is 26.2 Å². The predicted octanol–water partition coefficient (Wildman–Crippen LogP) is 2.76. The lowest BCUT2D eigenvalue weighted by atomic mass is 10.3. The van der Waals surface area contributed by atoms with Gasteiger partial charge in [-0.2, -0.15) is 0 Å². The van der Waals surface area contributed by atoms with Crippen molar-refractivity contribution in [3.63, 3.8) is 0 Å². The Bertz CT molecular complexity index is 568. The van der Waals surface area contributed by atoms with E-state index in [-0.39, 0.29) is 6.03 Å². The van der Waals surface area contributed by atoms with E-state index < -0.39 is 0 Å². The van der Waals surface area contributed by atoms with Crippen molar-refractivity contribution in [3.05, 3.63) is 46.5 Å². The third-order valence-electron chi connectivity index (χ3n) is 3.83. The van der Waals surface area contributed by atoms with E-state index in [2.05, 4.69) is 27.7 Å². The van der Waals surface area contributed by atoms with E-state index >= 15 is 0 Å². The Balaban J connectivity index is 1.46. The van der Waals surface area contributed by atoms with Crippen molar-refractivity contribution >= 4 is 17.4 Å². The molecule has 1 saturated heterocycles. The summed E-state index contributed by atoms with van der Waals surface area (Å²) in [6.07, 6.45) is 2.63. The van der Waals surface area contributed by atoms with Crippen molar-refractivity contribution in [3.8, 4) is 0 Å². The van der Waals surface area contributed by atoms with Crippen LogP contribution < -0.4 is 5.32 Å². The number of nitrogens with zero attached hydrogens (tertiary/aromatic N) is 2. The molecule has 0 aromatic carbocycles. The largest absolute Gasteiger partial charge is 0.467 e. The first-order valence-electron chi connectivity index (χ1n) is 7.61. The molecule has 0 unspecified atom stereocenters. The smallest absolute Gasteiger partial charge is 0.317 e. The van der Waals surface area contributed by atoms with Crippen LogP contribution in [0.2, 0.25) is 0 Å². The average Bonchev–Trinajstić information content (AvgIpc) is 3.16. The van der Waals surface area contributed by atoms with Crippen molar-refractivity contribution in [2.24, 2.45) is 0 Å². The molecular weight excluding hydrogens is 298 g/mol. The van der Waals surface area contributed by atoms with Gasteiger partial charge < -0.3 is 14.6 Å². The van der Waals surface area contributed by atoms with Crippen LogP contribution >= 0.6 is 11.3 Å². The minimum absolute atomic E-state index is 0.00521. The first-order valence-corrected chi connectivity index (χ1v) is 8.49. The maximum absolute atomic E-state index is 12.2. The summed E-state index contributed by atoms with van der Waals surface area (Å²) in [5.74, 6) is 0.780. The van der Waals surface area contributed by atoms with Gasteiger partial charge in [0.1, 0.15) is 5.76 Å². The predicted molar refractivity (Wildman–Crippen MR) is 86.7 cm³/mol. The summed E-state index contributed by atoms with van der Waals surface area (Å²) in [4.78, 5) is 17.9. The van der Waals surface area contributed by atoms with Crippen molar-refractivity contribution in [1.82, 2.24) is 15.1 Å². The standard InChI is InChI=1S/C16H21N3O2S/c20-16(17-12-14-4-1-10-21-14)19-7-3-6-18(8-9-19)13-15-5-2-11-22-15/h1-2,4-5,10-11H,3,6-9,12-13H2,(H,17,20). The van der Waals surface area contributed by atoms with Gasteiger partial charge in [-0.1, -0.05) is 6.07 Å². The Hall–Kier alpha value is -1.79. The summed E-state index contributed by atoms with van der Waals surface area (Å²) in [6, 6.07) is 7.95. The molecule has 0 bridgehead atoms. The molecule has 2 aromatic rings. The zero-order valence-electron chi connectivity index (χ0n) is 12.5. The van der Waals surface area contributed by atoms with Crippen LogP contribution in [0.25, 0.3) is 0 Å². The van der Waals surface area contributed by atoms with Gasteiger partial charge in [0.05, 0.1) is 12.8 Å². The quantitative estimate of drug-likeness (QED) is 0.943. The summed E-state index contributed by atoms with van der Waals surface area (Å²) in [6.45, 7) is 4.98. The first-order chi connectivity index (χ1) is 10.8. The third-order valence-corrected chi connectivity index (χ3v) is 4.69. The van der Waals surface area contributed by atoms with Gasteiger partial charge in [-0.3, -0.25) is 4.90 Å². The number of hydrogen-bond acceptors (Lipinski definition) is 4. The van der Waals surface area contributed by atoms with Crippen LogP contribution in [0.3, 0.4) is 0 Å².